The smallest absolute Gasteiger partial charge is 0.326 e. The van der Waals surface area contributed by atoms with Gasteiger partial charge in [0.1, 0.15) is 6.04 Å². The van der Waals surface area contributed by atoms with Crippen molar-refractivity contribution >= 4 is 11.9 Å². The third kappa shape index (κ3) is 3.09. The van der Waals surface area contributed by atoms with Crippen LogP contribution in [0.4, 0.5) is 0 Å². The highest BCUT2D eigenvalue weighted by atomic mass is 16.4. The number of benzene rings is 1. The van der Waals surface area contributed by atoms with Gasteiger partial charge in [-0.1, -0.05) is 43.2 Å². The zero-order chi connectivity index (χ0) is 14.8. The number of carbonyl (C=O) groups excluding carboxylic acids is 1. The van der Waals surface area contributed by atoms with Crippen LogP contribution >= 0.6 is 0 Å². The summed E-state index contributed by atoms with van der Waals surface area (Å²) in [6.45, 7) is 0. The quantitative estimate of drug-likeness (QED) is 0.872. The van der Waals surface area contributed by atoms with Gasteiger partial charge in [0.05, 0.1) is 0 Å². The maximum atomic E-state index is 12.3. The average Bonchev–Trinajstić information content (AvgIpc) is 3.22. The molecule has 2 saturated carbocycles. The second-order valence-electron chi connectivity index (χ2n) is 6.23. The predicted octanol–water partition coefficient (Wildman–Crippen LogP) is 2.23. The number of hydrogen-bond donors (Lipinski definition) is 2. The van der Waals surface area contributed by atoms with E-state index in [2.05, 4.69) is 5.32 Å². The van der Waals surface area contributed by atoms with E-state index in [1.165, 1.54) is 12.8 Å². The van der Waals surface area contributed by atoms with Gasteiger partial charge in [-0.3, -0.25) is 4.79 Å². The van der Waals surface area contributed by atoms with Crippen molar-refractivity contribution < 1.29 is 14.7 Å². The fraction of sp³-hybridized carbons (Fsp3) is 0.529. The Balaban J connectivity index is 1.60. The molecular weight excluding hydrogens is 266 g/mol. The molecule has 112 valence electrons. The lowest BCUT2D eigenvalue weighted by Crippen LogP contribution is -2.43. The molecular formula is C17H21NO3. The third-order valence-corrected chi connectivity index (χ3v) is 4.86. The average molecular weight is 287 g/mol. The molecule has 2 N–H and O–H groups in total. The van der Waals surface area contributed by atoms with E-state index in [-0.39, 0.29) is 11.8 Å². The highest BCUT2D eigenvalue weighted by Crippen LogP contribution is 2.55. The van der Waals surface area contributed by atoms with Crippen LogP contribution in [0.15, 0.2) is 30.3 Å². The Morgan fingerprint density at radius 1 is 1.14 bits per heavy atom. The topological polar surface area (TPSA) is 66.4 Å². The molecule has 3 rings (SSSR count). The lowest BCUT2D eigenvalue weighted by Gasteiger charge is -2.14. The highest BCUT2D eigenvalue weighted by Gasteiger charge is 2.55. The normalized spacial score (nSPS) is 28.3. The van der Waals surface area contributed by atoms with E-state index in [1.807, 2.05) is 30.3 Å². The fourth-order valence-electron chi connectivity index (χ4n) is 3.70. The second kappa shape index (κ2) is 5.88. The first-order valence-electron chi connectivity index (χ1n) is 7.74. The van der Waals surface area contributed by atoms with Gasteiger partial charge < -0.3 is 10.4 Å². The van der Waals surface area contributed by atoms with E-state index in [0.29, 0.717) is 18.3 Å². The first-order valence-corrected chi connectivity index (χ1v) is 7.74. The van der Waals surface area contributed by atoms with Crippen LogP contribution in [0.2, 0.25) is 0 Å². The van der Waals surface area contributed by atoms with Crippen LogP contribution in [0.1, 0.15) is 31.2 Å². The van der Waals surface area contributed by atoms with Crippen LogP contribution in [-0.4, -0.2) is 23.0 Å². The van der Waals surface area contributed by atoms with Gasteiger partial charge in [0.2, 0.25) is 5.91 Å². The molecule has 1 amide bonds. The molecule has 0 aliphatic heterocycles. The van der Waals surface area contributed by atoms with Crippen molar-refractivity contribution in [3.63, 3.8) is 0 Å². The van der Waals surface area contributed by atoms with Crippen molar-refractivity contribution in [2.45, 2.75) is 38.1 Å². The number of aliphatic carboxylic acids is 1. The summed E-state index contributed by atoms with van der Waals surface area (Å²) in [4.78, 5) is 23.7. The molecule has 2 fully saturated rings. The number of rotatable bonds is 5. The monoisotopic (exact) mass is 287 g/mol. The van der Waals surface area contributed by atoms with Gasteiger partial charge in [-0.15, -0.1) is 0 Å². The molecule has 0 saturated heterocycles. The largest absolute Gasteiger partial charge is 0.480 e. The van der Waals surface area contributed by atoms with Gasteiger partial charge in [0, 0.05) is 12.3 Å². The Labute approximate surface area is 124 Å². The number of carboxylic acid groups (broad SMARTS) is 1. The Hall–Kier alpha value is -1.84. The maximum absolute atomic E-state index is 12.3. The number of nitrogens with one attached hydrogen (secondary N) is 1. The summed E-state index contributed by atoms with van der Waals surface area (Å²) in [7, 11) is 0. The van der Waals surface area contributed by atoms with Crippen LogP contribution < -0.4 is 5.32 Å². The Kier molecular flexibility index (Phi) is 3.95. The molecule has 0 bridgehead atoms. The van der Waals surface area contributed by atoms with Crippen molar-refractivity contribution in [1.29, 1.82) is 0 Å². The third-order valence-electron chi connectivity index (χ3n) is 4.86. The van der Waals surface area contributed by atoms with Crippen LogP contribution in [0.5, 0.6) is 0 Å². The molecule has 21 heavy (non-hydrogen) atoms. The summed E-state index contributed by atoms with van der Waals surface area (Å²) in [6.07, 6.45) is 5.00. The van der Waals surface area contributed by atoms with Crippen LogP contribution in [0.3, 0.4) is 0 Å². The van der Waals surface area contributed by atoms with E-state index >= 15 is 0 Å². The SMILES string of the molecule is O=C(O)C(Cc1ccccc1)NC(=O)C1C2CCCCC21. The highest BCUT2D eigenvalue weighted by molar-refractivity contribution is 5.87. The number of fused-ring (bicyclic) bond motifs is 1. The number of hydrogen-bond acceptors (Lipinski definition) is 2. The number of carbonyl (C=O) groups is 2. The second-order valence-corrected chi connectivity index (χ2v) is 6.23. The lowest BCUT2D eigenvalue weighted by atomic mass is 10.0. The van der Waals surface area contributed by atoms with E-state index < -0.39 is 12.0 Å². The fourth-order valence-corrected chi connectivity index (χ4v) is 3.70. The van der Waals surface area contributed by atoms with Gasteiger partial charge in [0.25, 0.3) is 0 Å². The van der Waals surface area contributed by atoms with Gasteiger partial charge in [-0.05, 0) is 30.2 Å². The summed E-state index contributed by atoms with van der Waals surface area (Å²) in [6, 6.07) is 8.60. The Morgan fingerprint density at radius 3 is 2.33 bits per heavy atom. The van der Waals surface area contributed by atoms with Crippen molar-refractivity contribution in [3.8, 4) is 0 Å². The Morgan fingerprint density at radius 2 is 1.76 bits per heavy atom. The minimum Gasteiger partial charge on any atom is -0.480 e. The molecule has 3 atom stereocenters. The zero-order valence-electron chi connectivity index (χ0n) is 12.0. The van der Waals surface area contributed by atoms with Crippen molar-refractivity contribution in [2.75, 3.05) is 0 Å². The van der Waals surface area contributed by atoms with E-state index in [4.69, 9.17) is 0 Å². The number of amides is 1. The van der Waals surface area contributed by atoms with Crippen LogP contribution in [0, 0.1) is 17.8 Å². The van der Waals surface area contributed by atoms with Crippen molar-refractivity contribution in [3.05, 3.63) is 35.9 Å². The minimum absolute atomic E-state index is 0.0600. The summed E-state index contributed by atoms with van der Waals surface area (Å²) >= 11 is 0. The van der Waals surface area contributed by atoms with Gasteiger partial charge >= 0.3 is 5.97 Å². The van der Waals surface area contributed by atoms with Gasteiger partial charge in [-0.2, -0.15) is 0 Å². The summed E-state index contributed by atoms with van der Waals surface area (Å²) in [5.74, 6) is 0.0472. The van der Waals surface area contributed by atoms with Crippen molar-refractivity contribution in [2.24, 2.45) is 17.8 Å². The summed E-state index contributed by atoms with van der Waals surface area (Å²) in [5, 5.41) is 12.1. The molecule has 0 aromatic heterocycles. The summed E-state index contributed by atoms with van der Waals surface area (Å²) in [5.41, 5.74) is 0.929. The molecule has 4 nitrogen and oxygen atoms in total. The predicted molar refractivity (Wildman–Crippen MR) is 78.7 cm³/mol. The first kappa shape index (κ1) is 14.1. The van der Waals surface area contributed by atoms with E-state index in [9.17, 15) is 14.7 Å². The van der Waals surface area contributed by atoms with E-state index in [1.54, 1.807) is 0 Å². The molecule has 1 aromatic carbocycles. The Bertz CT molecular complexity index is 516. The summed E-state index contributed by atoms with van der Waals surface area (Å²) < 4.78 is 0. The molecule has 2 aliphatic carbocycles. The minimum atomic E-state index is -0.962. The molecule has 4 heteroatoms. The number of carboxylic acids is 1. The molecule has 3 unspecified atom stereocenters. The van der Waals surface area contributed by atoms with Gasteiger partial charge in [0.15, 0.2) is 0 Å². The van der Waals surface area contributed by atoms with Gasteiger partial charge in [-0.25, -0.2) is 4.79 Å². The van der Waals surface area contributed by atoms with Crippen molar-refractivity contribution in [1.82, 2.24) is 5.32 Å². The molecule has 0 spiro atoms. The lowest BCUT2D eigenvalue weighted by molar-refractivity contribution is -0.142. The molecule has 1 aromatic rings. The zero-order valence-corrected chi connectivity index (χ0v) is 12.0. The first-order chi connectivity index (χ1) is 10.2. The maximum Gasteiger partial charge on any atom is 0.326 e. The standard InChI is InChI=1S/C17H21NO3/c19-16(15-12-8-4-5-9-13(12)15)18-14(17(20)21)10-11-6-2-1-3-7-11/h1-3,6-7,12-15H,4-5,8-10H2,(H,18,19)(H,20,21). The molecule has 0 heterocycles. The molecule has 2 aliphatic rings. The molecule has 0 radical (unpaired) electrons. The van der Waals surface area contributed by atoms with Crippen LogP contribution in [-0.2, 0) is 16.0 Å². The van der Waals surface area contributed by atoms with E-state index in [0.717, 1.165) is 18.4 Å². The van der Waals surface area contributed by atoms with Crippen LogP contribution in [0.25, 0.3) is 0 Å².